The average molecular weight is 749 g/mol. The molecule has 8 heteroatoms. The summed E-state index contributed by atoms with van der Waals surface area (Å²) < 4.78 is 21.7. The van der Waals surface area contributed by atoms with Crippen molar-refractivity contribution in [2.45, 2.75) is 86.4 Å². The van der Waals surface area contributed by atoms with E-state index in [1.807, 2.05) is 78.9 Å². The molecule has 5 atom stereocenters. The minimum Gasteiger partial charge on any atom is -0.405 e. The molecule has 0 spiro atoms. The summed E-state index contributed by atoms with van der Waals surface area (Å²) in [6.07, 6.45) is -4.16. The van der Waals surface area contributed by atoms with Gasteiger partial charge in [0.1, 0.15) is 29.9 Å². The molecule has 0 aliphatic carbocycles. The van der Waals surface area contributed by atoms with Gasteiger partial charge in [0.05, 0.1) is 6.61 Å². The fourth-order valence-corrected chi connectivity index (χ4v) is 18.2. The van der Waals surface area contributed by atoms with Crippen molar-refractivity contribution in [2.75, 3.05) is 6.61 Å². The van der Waals surface area contributed by atoms with Crippen LogP contribution in [0, 0.1) is 0 Å². The SMILES string of the molecule is CC(C)(C)[Si](OC[C@H]1O[C@H](Sc2ccccc2)[C@H](O[Si](c2ccccc2)(c2ccccc2)C(C)(C)C)[C@@H](O)[C@@H]1O)(c1ccccc1)c1ccccc1. The van der Waals surface area contributed by atoms with Crippen LogP contribution in [0.25, 0.3) is 0 Å². The molecule has 1 fully saturated rings. The molecule has 0 aromatic heterocycles. The molecule has 0 unspecified atom stereocenters. The Morgan fingerprint density at radius 1 is 0.538 bits per heavy atom. The zero-order chi connectivity index (χ0) is 37.0. The van der Waals surface area contributed by atoms with Crippen molar-refractivity contribution in [3.8, 4) is 0 Å². The standard InChI is InChI=1S/C44H52O5SSi2/c1-43(2,3)51(34-24-14-8-15-25-34,35-26-16-9-17-27-35)47-32-38-39(45)40(46)41(42(48-38)50-33-22-12-7-13-23-33)49-52(44(4,5)6,36-28-18-10-19-29-36)37-30-20-11-21-31-37/h7-31,38-42,45-46H,32H2,1-6H3/t38-,39-,40+,41-,42-/m1/s1. The molecular formula is C44H52O5SSi2. The van der Waals surface area contributed by atoms with Crippen LogP contribution < -0.4 is 20.7 Å². The maximum atomic E-state index is 12.3. The molecule has 0 saturated carbocycles. The van der Waals surface area contributed by atoms with Crippen LogP contribution in [-0.2, 0) is 13.6 Å². The van der Waals surface area contributed by atoms with E-state index in [1.165, 1.54) is 11.8 Å². The highest BCUT2D eigenvalue weighted by atomic mass is 32.2. The van der Waals surface area contributed by atoms with E-state index in [-0.39, 0.29) is 16.7 Å². The van der Waals surface area contributed by atoms with Crippen LogP contribution in [0.3, 0.4) is 0 Å². The first kappa shape index (κ1) is 38.4. The molecule has 1 aliphatic heterocycles. The van der Waals surface area contributed by atoms with Crippen LogP contribution in [0.1, 0.15) is 41.5 Å². The van der Waals surface area contributed by atoms with Gasteiger partial charge in [-0.2, -0.15) is 0 Å². The van der Waals surface area contributed by atoms with Gasteiger partial charge < -0.3 is 23.8 Å². The normalized spacial score (nSPS) is 21.5. The quantitative estimate of drug-likeness (QED) is 0.146. The first-order valence-electron chi connectivity index (χ1n) is 18.2. The zero-order valence-corrected chi connectivity index (χ0v) is 33.9. The van der Waals surface area contributed by atoms with E-state index in [0.29, 0.717) is 0 Å². The number of thioether (sulfide) groups is 1. The van der Waals surface area contributed by atoms with Crippen molar-refractivity contribution in [3.05, 3.63) is 152 Å². The Bertz CT molecular complexity index is 1750. The summed E-state index contributed by atoms with van der Waals surface area (Å²) >= 11 is 1.52. The van der Waals surface area contributed by atoms with Crippen LogP contribution in [0.15, 0.2) is 157 Å². The number of aliphatic hydroxyl groups excluding tert-OH is 2. The van der Waals surface area contributed by atoms with E-state index >= 15 is 0 Å². The van der Waals surface area contributed by atoms with Gasteiger partial charge in [0.25, 0.3) is 16.6 Å². The summed E-state index contributed by atoms with van der Waals surface area (Å²) in [6.45, 7) is 13.4. The third kappa shape index (κ3) is 7.54. The van der Waals surface area contributed by atoms with E-state index in [0.717, 1.165) is 25.6 Å². The van der Waals surface area contributed by atoms with Gasteiger partial charge in [-0.3, -0.25) is 0 Å². The highest BCUT2D eigenvalue weighted by molar-refractivity contribution is 7.99. The predicted molar refractivity (Wildman–Crippen MR) is 219 cm³/mol. The Morgan fingerprint density at radius 2 is 0.904 bits per heavy atom. The molecule has 2 N–H and O–H groups in total. The number of hydrogen-bond acceptors (Lipinski definition) is 6. The van der Waals surface area contributed by atoms with Crippen LogP contribution >= 0.6 is 11.8 Å². The van der Waals surface area contributed by atoms with E-state index in [4.69, 9.17) is 13.6 Å². The van der Waals surface area contributed by atoms with Crippen LogP contribution in [0.2, 0.25) is 10.1 Å². The molecule has 272 valence electrons. The Labute approximate surface area is 316 Å². The minimum atomic E-state index is -3.14. The lowest BCUT2D eigenvalue weighted by atomic mass is 10.0. The van der Waals surface area contributed by atoms with Gasteiger partial charge in [-0.15, -0.1) is 0 Å². The smallest absolute Gasteiger partial charge is 0.261 e. The number of hydrogen-bond donors (Lipinski definition) is 2. The Balaban J connectivity index is 1.41. The second kappa shape index (κ2) is 16.0. The van der Waals surface area contributed by atoms with Crippen molar-refractivity contribution in [3.63, 3.8) is 0 Å². The molecule has 1 saturated heterocycles. The molecular weight excluding hydrogens is 697 g/mol. The summed E-state index contributed by atoms with van der Waals surface area (Å²) in [6, 6.07) is 51.7. The van der Waals surface area contributed by atoms with Gasteiger partial charge in [0.15, 0.2) is 0 Å². The predicted octanol–water partition coefficient (Wildman–Crippen LogP) is 6.75. The minimum absolute atomic E-state index is 0.100. The maximum absolute atomic E-state index is 12.3. The Hall–Kier alpha value is -3.32. The average Bonchev–Trinajstić information content (AvgIpc) is 3.15. The second-order valence-corrected chi connectivity index (χ2v) is 25.4. The second-order valence-electron chi connectivity index (χ2n) is 15.7. The maximum Gasteiger partial charge on any atom is 0.261 e. The highest BCUT2D eigenvalue weighted by Gasteiger charge is 2.57. The molecule has 6 rings (SSSR count). The number of rotatable bonds is 11. The van der Waals surface area contributed by atoms with Crippen molar-refractivity contribution < 1.29 is 23.8 Å². The Morgan fingerprint density at radius 3 is 1.29 bits per heavy atom. The summed E-state index contributed by atoms with van der Waals surface area (Å²) in [5, 5.41) is 28.2. The van der Waals surface area contributed by atoms with Crippen LogP contribution in [0.5, 0.6) is 0 Å². The molecule has 0 bridgehead atoms. The van der Waals surface area contributed by atoms with E-state index in [9.17, 15) is 10.2 Å². The first-order chi connectivity index (χ1) is 24.9. The highest BCUT2D eigenvalue weighted by Crippen LogP contribution is 2.43. The number of aliphatic hydroxyl groups is 2. The lowest BCUT2D eigenvalue weighted by molar-refractivity contribution is -0.200. The van der Waals surface area contributed by atoms with Gasteiger partial charge in [-0.1, -0.05) is 193 Å². The fraction of sp³-hybridized carbons (Fsp3) is 0.318. The topological polar surface area (TPSA) is 68.2 Å². The summed E-state index contributed by atoms with van der Waals surface area (Å²) in [5.74, 6) is 0. The molecule has 0 amide bonds. The molecule has 5 nitrogen and oxygen atoms in total. The van der Waals surface area contributed by atoms with Gasteiger partial charge in [-0.05, 0) is 43.0 Å². The molecule has 52 heavy (non-hydrogen) atoms. The summed E-state index contributed by atoms with van der Waals surface area (Å²) in [5.41, 5.74) is -0.643. The first-order valence-corrected chi connectivity index (χ1v) is 22.9. The monoisotopic (exact) mass is 748 g/mol. The van der Waals surface area contributed by atoms with Crippen molar-refractivity contribution in [2.24, 2.45) is 0 Å². The lowest BCUT2D eigenvalue weighted by Crippen LogP contribution is -2.72. The van der Waals surface area contributed by atoms with Gasteiger partial charge in [0.2, 0.25) is 0 Å². The van der Waals surface area contributed by atoms with Gasteiger partial charge >= 0.3 is 0 Å². The van der Waals surface area contributed by atoms with Crippen LogP contribution in [-0.4, -0.2) is 63.3 Å². The summed E-state index contributed by atoms with van der Waals surface area (Å²) in [7, 11) is -6.09. The molecule has 1 aliphatic rings. The van der Waals surface area contributed by atoms with Crippen molar-refractivity contribution in [1.82, 2.24) is 0 Å². The zero-order valence-electron chi connectivity index (χ0n) is 31.1. The summed E-state index contributed by atoms with van der Waals surface area (Å²) in [4.78, 5) is 0.985. The molecule has 1 heterocycles. The Kier molecular flexibility index (Phi) is 11.8. The van der Waals surface area contributed by atoms with E-state index in [1.54, 1.807) is 0 Å². The van der Waals surface area contributed by atoms with E-state index in [2.05, 4.69) is 114 Å². The van der Waals surface area contributed by atoms with E-state index < -0.39 is 46.5 Å². The molecule has 5 aromatic rings. The lowest BCUT2D eigenvalue weighted by Gasteiger charge is -2.50. The largest absolute Gasteiger partial charge is 0.405 e. The fourth-order valence-electron chi connectivity index (χ4n) is 7.76. The van der Waals surface area contributed by atoms with Crippen LogP contribution in [0.4, 0.5) is 0 Å². The molecule has 0 radical (unpaired) electrons. The van der Waals surface area contributed by atoms with Crippen molar-refractivity contribution in [1.29, 1.82) is 0 Å². The number of benzene rings is 5. The van der Waals surface area contributed by atoms with Gasteiger partial charge in [-0.25, -0.2) is 0 Å². The number of ether oxygens (including phenoxy) is 1. The van der Waals surface area contributed by atoms with Gasteiger partial charge in [0, 0.05) is 4.90 Å². The third-order valence-electron chi connectivity index (χ3n) is 10.3. The van der Waals surface area contributed by atoms with Crippen molar-refractivity contribution >= 4 is 49.1 Å². The molecule has 5 aromatic carbocycles. The third-order valence-corrected chi connectivity index (χ3v) is 21.4.